The number of carbonyl (C=O) groups excluding carboxylic acids is 1. The van der Waals surface area contributed by atoms with Gasteiger partial charge >= 0.3 is 5.97 Å². The molecule has 0 spiro atoms. The summed E-state index contributed by atoms with van der Waals surface area (Å²) in [5, 5.41) is 0. The molecule has 0 aromatic heterocycles. The molecule has 0 heterocycles. The maximum atomic E-state index is 12.0. The van der Waals surface area contributed by atoms with Crippen LogP contribution in [0.15, 0.2) is 0 Å². The Balaban J connectivity index is 2.96. The highest BCUT2D eigenvalue weighted by Gasteiger charge is 2.55. The fourth-order valence-corrected chi connectivity index (χ4v) is 2.61. The molecule has 1 rings (SSSR count). The fraction of sp³-hybridized carbons (Fsp3) is 0.917. The van der Waals surface area contributed by atoms with E-state index in [2.05, 4.69) is 0 Å². The highest BCUT2D eigenvalue weighted by Crippen LogP contribution is 2.51. The Morgan fingerprint density at radius 1 is 1.12 bits per heavy atom. The second kappa shape index (κ2) is 4.72. The van der Waals surface area contributed by atoms with Crippen molar-refractivity contribution in [2.24, 2.45) is 11.3 Å². The van der Waals surface area contributed by atoms with E-state index in [1.54, 1.807) is 14.2 Å². The van der Waals surface area contributed by atoms with Crippen molar-refractivity contribution in [3.8, 4) is 0 Å². The first-order chi connectivity index (χ1) is 7.46. The predicted molar refractivity (Wildman–Crippen MR) is 59.9 cm³/mol. The Kier molecular flexibility index (Phi) is 3.97. The summed E-state index contributed by atoms with van der Waals surface area (Å²) in [6, 6.07) is 0. The van der Waals surface area contributed by atoms with Crippen molar-refractivity contribution >= 4 is 5.97 Å². The second-order valence-corrected chi connectivity index (χ2v) is 4.80. The lowest BCUT2D eigenvalue weighted by molar-refractivity contribution is -0.209. The third-order valence-corrected chi connectivity index (χ3v) is 3.98. The Morgan fingerprint density at radius 2 is 1.69 bits per heavy atom. The van der Waals surface area contributed by atoms with Crippen LogP contribution < -0.4 is 0 Å². The van der Waals surface area contributed by atoms with Crippen molar-refractivity contribution in [3.63, 3.8) is 0 Å². The second-order valence-electron chi connectivity index (χ2n) is 4.80. The molecule has 0 N–H and O–H groups in total. The van der Waals surface area contributed by atoms with E-state index in [9.17, 15) is 4.79 Å². The molecule has 16 heavy (non-hydrogen) atoms. The monoisotopic (exact) mass is 230 g/mol. The van der Waals surface area contributed by atoms with E-state index in [1.807, 2.05) is 13.8 Å². The van der Waals surface area contributed by atoms with Crippen molar-refractivity contribution < 1.29 is 19.0 Å². The number of hydrogen-bond acceptors (Lipinski definition) is 4. The van der Waals surface area contributed by atoms with Crippen LogP contribution in [-0.2, 0) is 19.0 Å². The van der Waals surface area contributed by atoms with Crippen LogP contribution in [0.3, 0.4) is 0 Å². The molecule has 0 amide bonds. The van der Waals surface area contributed by atoms with E-state index in [0.717, 1.165) is 12.8 Å². The summed E-state index contributed by atoms with van der Waals surface area (Å²) in [5.74, 6) is -0.566. The Morgan fingerprint density at radius 3 is 2.00 bits per heavy atom. The van der Waals surface area contributed by atoms with Crippen molar-refractivity contribution in [1.82, 2.24) is 0 Å². The molecule has 4 heteroatoms. The van der Waals surface area contributed by atoms with Crippen molar-refractivity contribution in [1.29, 1.82) is 0 Å². The normalized spacial score (nSPS) is 28.4. The minimum atomic E-state index is -0.627. The molecule has 0 aromatic carbocycles. The summed E-state index contributed by atoms with van der Waals surface area (Å²) >= 11 is 0. The van der Waals surface area contributed by atoms with Crippen molar-refractivity contribution in [2.45, 2.75) is 38.9 Å². The fourth-order valence-electron chi connectivity index (χ4n) is 2.61. The van der Waals surface area contributed by atoms with Gasteiger partial charge in [-0.25, -0.2) is 0 Å². The standard InChI is InChI=1S/C12H22O4/c1-9(2)11(10(13)14-3)6-7-12(8-11,15-4)16-5/h9H,6-8H2,1-5H3/t11-/m0/s1. The van der Waals surface area contributed by atoms with E-state index < -0.39 is 11.2 Å². The molecule has 0 saturated heterocycles. The van der Waals surface area contributed by atoms with Gasteiger partial charge in [-0.05, 0) is 12.3 Å². The van der Waals surface area contributed by atoms with E-state index in [1.165, 1.54) is 7.11 Å². The van der Waals surface area contributed by atoms with Gasteiger partial charge in [0.1, 0.15) is 0 Å². The van der Waals surface area contributed by atoms with Gasteiger partial charge in [-0.2, -0.15) is 0 Å². The van der Waals surface area contributed by atoms with E-state index >= 15 is 0 Å². The molecule has 1 fully saturated rings. The van der Waals surface area contributed by atoms with E-state index in [4.69, 9.17) is 14.2 Å². The highest BCUT2D eigenvalue weighted by molar-refractivity contribution is 5.77. The molecule has 94 valence electrons. The van der Waals surface area contributed by atoms with Crippen LogP contribution in [0.2, 0.25) is 0 Å². The molecule has 1 aliphatic rings. The first kappa shape index (κ1) is 13.5. The summed E-state index contributed by atoms with van der Waals surface area (Å²) < 4.78 is 15.8. The van der Waals surface area contributed by atoms with Crippen LogP contribution in [0.1, 0.15) is 33.1 Å². The van der Waals surface area contributed by atoms with Crippen LogP contribution in [0, 0.1) is 11.3 Å². The zero-order valence-electron chi connectivity index (χ0n) is 10.8. The molecule has 1 saturated carbocycles. The molecular formula is C12H22O4. The van der Waals surface area contributed by atoms with Crippen LogP contribution in [0.5, 0.6) is 0 Å². The summed E-state index contributed by atoms with van der Waals surface area (Å²) in [6.45, 7) is 4.08. The average Bonchev–Trinajstić information content (AvgIpc) is 2.70. The van der Waals surface area contributed by atoms with E-state index in [-0.39, 0.29) is 11.9 Å². The zero-order chi connectivity index (χ0) is 12.4. The van der Waals surface area contributed by atoms with Crippen LogP contribution in [0.25, 0.3) is 0 Å². The quantitative estimate of drug-likeness (QED) is 0.547. The smallest absolute Gasteiger partial charge is 0.312 e. The maximum Gasteiger partial charge on any atom is 0.312 e. The minimum Gasteiger partial charge on any atom is -0.469 e. The maximum absolute atomic E-state index is 12.0. The van der Waals surface area contributed by atoms with Gasteiger partial charge in [0.15, 0.2) is 5.79 Å². The molecule has 0 bridgehead atoms. The molecule has 4 nitrogen and oxygen atoms in total. The number of methoxy groups -OCH3 is 3. The molecule has 1 atom stereocenters. The largest absolute Gasteiger partial charge is 0.469 e. The third-order valence-electron chi connectivity index (χ3n) is 3.98. The number of rotatable bonds is 4. The SMILES string of the molecule is COC(=O)[C@@]1(C(C)C)CCC(OC)(OC)C1. The van der Waals surface area contributed by atoms with Crippen LogP contribution >= 0.6 is 0 Å². The minimum absolute atomic E-state index is 0.154. The number of carbonyl (C=O) groups is 1. The first-order valence-electron chi connectivity index (χ1n) is 5.65. The molecule has 0 radical (unpaired) electrons. The Hall–Kier alpha value is -0.610. The lowest BCUT2D eigenvalue weighted by atomic mass is 9.75. The first-order valence-corrected chi connectivity index (χ1v) is 5.65. The summed E-state index contributed by atoms with van der Waals surface area (Å²) in [6.07, 6.45) is 2.05. The number of hydrogen-bond donors (Lipinski definition) is 0. The predicted octanol–water partition coefficient (Wildman–Crippen LogP) is 1.97. The number of ether oxygens (including phenoxy) is 3. The van der Waals surface area contributed by atoms with Gasteiger partial charge < -0.3 is 14.2 Å². The lowest BCUT2D eigenvalue weighted by Crippen LogP contribution is -2.39. The van der Waals surface area contributed by atoms with Gasteiger partial charge in [0, 0.05) is 27.1 Å². The number of esters is 1. The molecular weight excluding hydrogens is 208 g/mol. The Bertz CT molecular complexity index is 258. The summed E-state index contributed by atoms with van der Waals surface area (Å²) in [7, 11) is 4.68. The zero-order valence-corrected chi connectivity index (χ0v) is 10.8. The van der Waals surface area contributed by atoms with Gasteiger partial charge in [-0.15, -0.1) is 0 Å². The summed E-state index contributed by atoms with van der Waals surface area (Å²) in [4.78, 5) is 12.0. The van der Waals surface area contributed by atoms with Gasteiger partial charge in [-0.1, -0.05) is 13.8 Å². The highest BCUT2D eigenvalue weighted by atomic mass is 16.7. The van der Waals surface area contributed by atoms with Gasteiger partial charge in [0.2, 0.25) is 0 Å². The Labute approximate surface area is 97.2 Å². The lowest BCUT2D eigenvalue weighted by Gasteiger charge is -2.33. The third kappa shape index (κ3) is 1.96. The van der Waals surface area contributed by atoms with Crippen LogP contribution in [0.4, 0.5) is 0 Å². The van der Waals surface area contributed by atoms with E-state index in [0.29, 0.717) is 6.42 Å². The van der Waals surface area contributed by atoms with Gasteiger partial charge in [0.05, 0.1) is 12.5 Å². The summed E-state index contributed by atoms with van der Waals surface area (Å²) in [5.41, 5.74) is -0.471. The molecule has 0 aromatic rings. The van der Waals surface area contributed by atoms with Gasteiger partial charge in [0.25, 0.3) is 0 Å². The molecule has 1 aliphatic carbocycles. The van der Waals surface area contributed by atoms with Gasteiger partial charge in [-0.3, -0.25) is 4.79 Å². The van der Waals surface area contributed by atoms with Crippen molar-refractivity contribution in [3.05, 3.63) is 0 Å². The topological polar surface area (TPSA) is 44.8 Å². The average molecular weight is 230 g/mol. The molecule has 0 unspecified atom stereocenters. The molecule has 0 aliphatic heterocycles. The van der Waals surface area contributed by atoms with Crippen molar-refractivity contribution in [2.75, 3.05) is 21.3 Å². The van der Waals surface area contributed by atoms with Crippen LogP contribution in [-0.4, -0.2) is 33.1 Å².